The Labute approximate surface area is 192 Å². The zero-order valence-corrected chi connectivity index (χ0v) is 20.1. The lowest BCUT2D eigenvalue weighted by Crippen LogP contribution is -2.41. The maximum absolute atomic E-state index is 13.4. The summed E-state index contributed by atoms with van der Waals surface area (Å²) in [7, 11) is -7.05. The van der Waals surface area contributed by atoms with Gasteiger partial charge in [0.1, 0.15) is 5.75 Å². The van der Waals surface area contributed by atoms with Crippen LogP contribution in [0.25, 0.3) is 0 Å². The largest absolute Gasteiger partial charge is 0.494 e. The number of ether oxygens (including phenoxy) is 1. The van der Waals surface area contributed by atoms with Gasteiger partial charge in [0.15, 0.2) is 15.5 Å². The number of carbonyl (C=O) groups is 1. The minimum atomic E-state index is -3.76. The number of amides is 1. The highest BCUT2D eigenvalue weighted by Crippen LogP contribution is 2.25. The third-order valence-electron chi connectivity index (χ3n) is 5.08. The first-order valence-corrected chi connectivity index (χ1v) is 13.9. The van der Waals surface area contributed by atoms with Crippen molar-refractivity contribution >= 4 is 37.2 Å². The number of hydrogen-bond donors (Lipinski definition) is 0. The molecule has 0 spiro atoms. The van der Waals surface area contributed by atoms with Gasteiger partial charge in [-0.05, 0) is 31.0 Å². The van der Waals surface area contributed by atoms with Crippen LogP contribution >= 0.6 is 11.6 Å². The smallest absolute Gasteiger partial charge is 0.274 e. The van der Waals surface area contributed by atoms with E-state index in [1.807, 2.05) is 6.92 Å². The van der Waals surface area contributed by atoms with Gasteiger partial charge in [-0.2, -0.15) is 0 Å². The molecule has 1 unspecified atom stereocenters. The Bertz CT molecular complexity index is 1200. The average Bonchev–Trinajstić information content (AvgIpc) is 3.12. The van der Waals surface area contributed by atoms with Crippen molar-refractivity contribution < 1.29 is 26.4 Å². The van der Waals surface area contributed by atoms with Gasteiger partial charge in [-0.1, -0.05) is 30.7 Å². The second kappa shape index (κ2) is 9.72. The quantitative estimate of drug-likeness (QED) is 0.504. The molecular formula is C20H24ClN3O6S2. The van der Waals surface area contributed by atoms with Crippen molar-refractivity contribution in [2.24, 2.45) is 0 Å². The maximum Gasteiger partial charge on any atom is 0.274 e. The molecule has 1 aromatic heterocycles. The summed E-state index contributed by atoms with van der Waals surface area (Å²) in [5.74, 6) is -0.429. The molecule has 0 N–H and O–H groups in total. The normalized spacial score (nSPS) is 17.8. The molecule has 1 fully saturated rings. The van der Waals surface area contributed by atoms with E-state index in [1.165, 1.54) is 11.8 Å². The number of sulfone groups is 2. The fourth-order valence-electron chi connectivity index (χ4n) is 3.36. The van der Waals surface area contributed by atoms with Crippen LogP contribution in [0.15, 0.2) is 35.6 Å². The Balaban J connectivity index is 1.98. The Morgan fingerprint density at radius 3 is 2.50 bits per heavy atom. The second-order valence-corrected chi connectivity index (χ2v) is 12.1. The molecule has 9 nitrogen and oxygen atoms in total. The van der Waals surface area contributed by atoms with Crippen LogP contribution in [-0.2, 0) is 26.2 Å². The molecule has 3 rings (SSSR count). The number of aromatic nitrogens is 2. The zero-order chi connectivity index (χ0) is 23.5. The van der Waals surface area contributed by atoms with Crippen molar-refractivity contribution in [1.82, 2.24) is 14.9 Å². The van der Waals surface area contributed by atoms with Crippen molar-refractivity contribution in [3.05, 3.63) is 46.7 Å². The molecule has 32 heavy (non-hydrogen) atoms. The van der Waals surface area contributed by atoms with E-state index < -0.39 is 36.8 Å². The van der Waals surface area contributed by atoms with Gasteiger partial charge in [0.2, 0.25) is 15.0 Å². The van der Waals surface area contributed by atoms with Gasteiger partial charge in [0.25, 0.3) is 5.91 Å². The Morgan fingerprint density at radius 1 is 1.25 bits per heavy atom. The SMILES string of the molecule is CCOc1ccc(CN(C(=O)c2nc(S(=O)(=O)CC)ncc2Cl)C2CCS(=O)(=O)C2)cc1. The van der Waals surface area contributed by atoms with E-state index in [4.69, 9.17) is 16.3 Å². The van der Waals surface area contributed by atoms with E-state index in [9.17, 15) is 21.6 Å². The minimum Gasteiger partial charge on any atom is -0.494 e. The predicted octanol–water partition coefficient (Wildman–Crippen LogP) is 2.15. The van der Waals surface area contributed by atoms with Crippen LogP contribution in [0.4, 0.5) is 0 Å². The van der Waals surface area contributed by atoms with E-state index in [1.54, 1.807) is 24.3 Å². The lowest BCUT2D eigenvalue weighted by Gasteiger charge is -2.28. The van der Waals surface area contributed by atoms with Gasteiger partial charge >= 0.3 is 0 Å². The van der Waals surface area contributed by atoms with E-state index in [0.717, 1.165) is 11.8 Å². The first kappa shape index (κ1) is 24.4. The second-order valence-electron chi connectivity index (χ2n) is 7.32. The lowest BCUT2D eigenvalue weighted by atomic mass is 10.1. The van der Waals surface area contributed by atoms with Crippen molar-refractivity contribution in [1.29, 1.82) is 0 Å². The van der Waals surface area contributed by atoms with Gasteiger partial charge in [0.05, 0.1) is 35.1 Å². The van der Waals surface area contributed by atoms with Crippen LogP contribution in [0.5, 0.6) is 5.75 Å². The van der Waals surface area contributed by atoms with Gasteiger partial charge in [-0.15, -0.1) is 0 Å². The van der Waals surface area contributed by atoms with Gasteiger partial charge < -0.3 is 9.64 Å². The van der Waals surface area contributed by atoms with Gasteiger partial charge in [0, 0.05) is 12.6 Å². The van der Waals surface area contributed by atoms with Crippen LogP contribution in [0.1, 0.15) is 36.3 Å². The third kappa shape index (κ3) is 5.57. The van der Waals surface area contributed by atoms with Crippen LogP contribution in [0.3, 0.4) is 0 Å². The summed E-state index contributed by atoms with van der Waals surface area (Å²) in [6, 6.07) is 6.50. The Hall–Kier alpha value is -2.24. The van der Waals surface area contributed by atoms with Crippen molar-refractivity contribution in [3.8, 4) is 5.75 Å². The molecule has 1 atom stereocenters. The maximum atomic E-state index is 13.4. The summed E-state index contributed by atoms with van der Waals surface area (Å²) in [5, 5.41) is -0.601. The standard InChI is InChI=1S/C20H24ClN3O6S2/c1-3-30-16-7-5-14(6-8-16)12-24(15-9-10-31(26,27)13-15)19(25)18-17(21)11-22-20(23-18)32(28,29)4-2/h5-8,11,15H,3-4,9-10,12-13H2,1-2H3. The minimum absolute atomic E-state index is 0.0301. The van der Waals surface area contributed by atoms with E-state index in [0.29, 0.717) is 12.4 Å². The van der Waals surface area contributed by atoms with Gasteiger partial charge in [-0.3, -0.25) is 4.79 Å². The summed E-state index contributed by atoms with van der Waals surface area (Å²) in [6.07, 6.45) is 1.35. The number of nitrogens with zero attached hydrogens (tertiary/aromatic N) is 3. The number of carbonyl (C=O) groups excluding carboxylic acids is 1. The molecule has 1 saturated heterocycles. The van der Waals surface area contributed by atoms with Crippen molar-refractivity contribution in [2.45, 2.75) is 38.0 Å². The third-order valence-corrected chi connectivity index (χ3v) is 8.62. The first-order valence-electron chi connectivity index (χ1n) is 10.0. The molecule has 1 amide bonds. The van der Waals surface area contributed by atoms with Gasteiger partial charge in [-0.25, -0.2) is 26.8 Å². The highest BCUT2D eigenvalue weighted by atomic mass is 35.5. The lowest BCUT2D eigenvalue weighted by molar-refractivity contribution is 0.0674. The Kier molecular flexibility index (Phi) is 7.41. The van der Waals surface area contributed by atoms with Crippen LogP contribution < -0.4 is 4.74 Å². The molecule has 0 bridgehead atoms. The number of halogens is 1. The summed E-state index contributed by atoms with van der Waals surface area (Å²) in [5.41, 5.74) is 0.474. The number of benzene rings is 1. The van der Waals surface area contributed by atoms with E-state index >= 15 is 0 Å². The molecular weight excluding hydrogens is 478 g/mol. The predicted molar refractivity (Wildman–Crippen MR) is 119 cm³/mol. The summed E-state index contributed by atoms with van der Waals surface area (Å²) < 4.78 is 54.0. The first-order chi connectivity index (χ1) is 15.1. The number of hydrogen-bond acceptors (Lipinski definition) is 8. The van der Waals surface area contributed by atoms with E-state index in [-0.39, 0.29) is 40.9 Å². The summed E-state index contributed by atoms with van der Waals surface area (Å²) >= 11 is 6.15. The van der Waals surface area contributed by atoms with E-state index in [2.05, 4.69) is 9.97 Å². The highest BCUT2D eigenvalue weighted by Gasteiger charge is 2.36. The average molecular weight is 502 g/mol. The number of rotatable bonds is 8. The van der Waals surface area contributed by atoms with Crippen LogP contribution in [0, 0.1) is 0 Å². The van der Waals surface area contributed by atoms with Crippen LogP contribution in [0.2, 0.25) is 5.02 Å². The van der Waals surface area contributed by atoms with Crippen LogP contribution in [-0.4, -0.2) is 67.5 Å². The highest BCUT2D eigenvalue weighted by molar-refractivity contribution is 7.91. The monoisotopic (exact) mass is 501 g/mol. The molecule has 174 valence electrons. The molecule has 1 aromatic carbocycles. The molecule has 1 aliphatic rings. The summed E-state index contributed by atoms with van der Waals surface area (Å²) in [4.78, 5) is 22.5. The molecule has 0 saturated carbocycles. The summed E-state index contributed by atoms with van der Waals surface area (Å²) in [6.45, 7) is 3.92. The molecule has 12 heteroatoms. The zero-order valence-electron chi connectivity index (χ0n) is 17.7. The molecule has 0 radical (unpaired) electrons. The molecule has 0 aliphatic carbocycles. The van der Waals surface area contributed by atoms with Crippen molar-refractivity contribution in [3.63, 3.8) is 0 Å². The fourth-order valence-corrected chi connectivity index (χ4v) is 5.96. The Morgan fingerprint density at radius 2 is 1.94 bits per heavy atom. The fraction of sp³-hybridized carbons (Fsp3) is 0.450. The van der Waals surface area contributed by atoms with Crippen molar-refractivity contribution in [2.75, 3.05) is 23.9 Å². The molecule has 2 aromatic rings. The molecule has 1 aliphatic heterocycles. The topological polar surface area (TPSA) is 124 Å². The molecule has 2 heterocycles.